The number of hydrogen-bond donors (Lipinski definition) is 1. The van der Waals surface area contributed by atoms with E-state index in [4.69, 9.17) is 16.3 Å². The monoisotopic (exact) mass is 288 g/mol. The van der Waals surface area contributed by atoms with Crippen molar-refractivity contribution >= 4 is 23.7 Å². The average molecular weight is 289 g/mol. The summed E-state index contributed by atoms with van der Waals surface area (Å²) in [5.74, 6) is 0. The van der Waals surface area contributed by atoms with Crippen LogP contribution in [0.2, 0.25) is 5.15 Å². The molecular formula is C14H25ClN2O2. The van der Waals surface area contributed by atoms with Crippen molar-refractivity contribution in [2.45, 2.75) is 47.1 Å². The Bertz CT molecular complexity index is 343. The predicted octanol–water partition coefficient (Wildman–Crippen LogP) is 4.07. The fraction of sp³-hybridized carbons (Fsp3) is 0.571. The molecule has 0 spiro atoms. The van der Waals surface area contributed by atoms with E-state index in [9.17, 15) is 4.79 Å². The molecule has 5 heteroatoms. The summed E-state index contributed by atoms with van der Waals surface area (Å²) >= 11 is 5.68. The standard InChI is InChI=1S/C7H7ClN2O.C5H12O.C2H6/c1-5-2-3-9-7(8)6(5)10-4-11;1-5(2,3)6-4;1-2/h2-4H,1H3,(H,10,11);1-4H3;1-2H3. The van der Waals surface area contributed by atoms with Crippen molar-refractivity contribution in [2.24, 2.45) is 0 Å². The molecule has 0 fully saturated rings. The van der Waals surface area contributed by atoms with E-state index in [-0.39, 0.29) is 5.60 Å². The van der Waals surface area contributed by atoms with Crippen molar-refractivity contribution in [1.29, 1.82) is 0 Å². The van der Waals surface area contributed by atoms with E-state index in [0.29, 0.717) is 17.3 Å². The van der Waals surface area contributed by atoms with E-state index in [1.165, 1.54) is 0 Å². The van der Waals surface area contributed by atoms with Gasteiger partial charge < -0.3 is 10.1 Å². The molecule has 19 heavy (non-hydrogen) atoms. The third kappa shape index (κ3) is 10.5. The number of carbonyl (C=O) groups excluding carboxylic acids is 1. The SMILES string of the molecule is CC.COC(C)(C)C.Cc1ccnc(Cl)c1NC=O. The van der Waals surface area contributed by atoms with Crippen LogP contribution in [0.5, 0.6) is 0 Å². The maximum Gasteiger partial charge on any atom is 0.211 e. The van der Waals surface area contributed by atoms with Crippen molar-refractivity contribution in [3.8, 4) is 0 Å². The van der Waals surface area contributed by atoms with E-state index in [1.54, 1.807) is 19.4 Å². The maximum atomic E-state index is 10.1. The molecule has 0 aliphatic rings. The van der Waals surface area contributed by atoms with Crippen LogP contribution >= 0.6 is 11.6 Å². The molecule has 0 aromatic carbocycles. The number of aromatic nitrogens is 1. The first-order valence-corrected chi connectivity index (χ1v) is 6.56. The van der Waals surface area contributed by atoms with Crippen LogP contribution in [0.4, 0.5) is 5.69 Å². The van der Waals surface area contributed by atoms with Crippen LogP contribution in [0.15, 0.2) is 12.3 Å². The smallest absolute Gasteiger partial charge is 0.211 e. The Morgan fingerprint density at radius 3 is 2.16 bits per heavy atom. The third-order valence-electron chi connectivity index (χ3n) is 1.93. The number of amides is 1. The molecule has 0 saturated heterocycles. The molecule has 0 aliphatic carbocycles. The normalized spacial score (nSPS) is 9.47. The molecule has 0 unspecified atom stereocenters. The van der Waals surface area contributed by atoms with Crippen molar-refractivity contribution in [2.75, 3.05) is 12.4 Å². The number of aryl methyl sites for hydroxylation is 1. The molecule has 1 rings (SSSR count). The Labute approximate surface area is 121 Å². The van der Waals surface area contributed by atoms with Gasteiger partial charge in [-0.05, 0) is 39.3 Å². The Morgan fingerprint density at radius 1 is 1.37 bits per heavy atom. The molecule has 1 N–H and O–H groups in total. The lowest BCUT2D eigenvalue weighted by Gasteiger charge is -2.14. The summed E-state index contributed by atoms with van der Waals surface area (Å²) in [6, 6.07) is 1.78. The summed E-state index contributed by atoms with van der Waals surface area (Å²) in [5.41, 5.74) is 1.52. The number of anilines is 1. The number of nitrogens with zero attached hydrogens (tertiary/aromatic N) is 1. The molecule has 1 amide bonds. The lowest BCUT2D eigenvalue weighted by molar-refractivity contribution is -0.105. The third-order valence-corrected chi connectivity index (χ3v) is 2.22. The van der Waals surface area contributed by atoms with Gasteiger partial charge in [0.25, 0.3) is 0 Å². The minimum atomic E-state index is 0.0417. The van der Waals surface area contributed by atoms with Gasteiger partial charge in [-0.3, -0.25) is 4.79 Å². The lowest BCUT2D eigenvalue weighted by atomic mass is 10.2. The average Bonchev–Trinajstić information content (AvgIpc) is 2.36. The second-order valence-corrected chi connectivity index (χ2v) is 4.73. The number of ether oxygens (including phenoxy) is 1. The largest absolute Gasteiger partial charge is 0.379 e. The van der Waals surface area contributed by atoms with Crippen LogP contribution in [0.3, 0.4) is 0 Å². The highest BCUT2D eigenvalue weighted by molar-refractivity contribution is 6.32. The fourth-order valence-corrected chi connectivity index (χ4v) is 1.02. The van der Waals surface area contributed by atoms with E-state index in [2.05, 4.69) is 10.3 Å². The molecule has 110 valence electrons. The topological polar surface area (TPSA) is 51.2 Å². The van der Waals surface area contributed by atoms with Gasteiger partial charge >= 0.3 is 0 Å². The summed E-state index contributed by atoms with van der Waals surface area (Å²) in [6.07, 6.45) is 2.17. The Hall–Kier alpha value is -1.13. The molecule has 0 aliphatic heterocycles. The molecule has 0 radical (unpaired) electrons. The van der Waals surface area contributed by atoms with Gasteiger partial charge in [-0.25, -0.2) is 4.98 Å². The van der Waals surface area contributed by atoms with Crippen molar-refractivity contribution < 1.29 is 9.53 Å². The molecule has 0 atom stereocenters. The minimum Gasteiger partial charge on any atom is -0.379 e. The number of nitrogens with one attached hydrogen (secondary N) is 1. The Balaban J connectivity index is 0. The van der Waals surface area contributed by atoms with Gasteiger partial charge in [-0.2, -0.15) is 0 Å². The Kier molecular flexibility index (Phi) is 11.4. The van der Waals surface area contributed by atoms with Gasteiger partial charge in [0.1, 0.15) is 0 Å². The predicted molar refractivity (Wildman–Crippen MR) is 81.8 cm³/mol. The summed E-state index contributed by atoms with van der Waals surface area (Å²) in [4.78, 5) is 13.9. The van der Waals surface area contributed by atoms with Crippen LogP contribution in [-0.2, 0) is 9.53 Å². The quantitative estimate of drug-likeness (QED) is 0.659. The number of methoxy groups -OCH3 is 1. The van der Waals surface area contributed by atoms with Crippen molar-refractivity contribution in [1.82, 2.24) is 4.98 Å². The van der Waals surface area contributed by atoms with Crippen LogP contribution < -0.4 is 5.32 Å². The summed E-state index contributed by atoms with van der Waals surface area (Å²) in [6.45, 7) is 11.9. The second kappa shape index (κ2) is 10.8. The van der Waals surface area contributed by atoms with Crippen LogP contribution in [0.1, 0.15) is 40.2 Å². The molecule has 4 nitrogen and oxygen atoms in total. The first kappa shape index (κ1) is 20.2. The van der Waals surface area contributed by atoms with Crippen molar-refractivity contribution in [3.05, 3.63) is 23.0 Å². The van der Waals surface area contributed by atoms with E-state index in [1.807, 2.05) is 41.5 Å². The number of pyridine rings is 1. The highest BCUT2D eigenvalue weighted by Gasteiger charge is 2.04. The molecule has 1 aromatic rings. The number of hydrogen-bond acceptors (Lipinski definition) is 3. The number of carbonyl (C=O) groups is 1. The summed E-state index contributed by atoms with van der Waals surface area (Å²) < 4.78 is 4.94. The fourth-order valence-electron chi connectivity index (χ4n) is 0.757. The van der Waals surface area contributed by atoms with Gasteiger partial charge in [0.15, 0.2) is 5.15 Å². The first-order valence-electron chi connectivity index (χ1n) is 6.18. The molecule has 1 aromatic heterocycles. The molecule has 0 saturated carbocycles. The van der Waals surface area contributed by atoms with Gasteiger partial charge in [0.2, 0.25) is 6.41 Å². The molecule has 1 heterocycles. The zero-order valence-electron chi connectivity index (χ0n) is 12.9. The zero-order chi connectivity index (χ0) is 15.5. The second-order valence-electron chi connectivity index (χ2n) is 4.37. The van der Waals surface area contributed by atoms with Gasteiger partial charge in [-0.15, -0.1) is 0 Å². The van der Waals surface area contributed by atoms with E-state index < -0.39 is 0 Å². The van der Waals surface area contributed by atoms with Crippen LogP contribution in [-0.4, -0.2) is 24.1 Å². The van der Waals surface area contributed by atoms with Gasteiger partial charge in [0.05, 0.1) is 11.3 Å². The minimum absolute atomic E-state index is 0.0417. The van der Waals surface area contributed by atoms with Gasteiger partial charge in [0, 0.05) is 13.3 Å². The van der Waals surface area contributed by atoms with Crippen LogP contribution in [0.25, 0.3) is 0 Å². The zero-order valence-corrected chi connectivity index (χ0v) is 13.6. The van der Waals surface area contributed by atoms with Gasteiger partial charge in [-0.1, -0.05) is 25.4 Å². The first-order chi connectivity index (χ1) is 8.81. The summed E-state index contributed by atoms with van der Waals surface area (Å²) in [7, 11) is 1.71. The van der Waals surface area contributed by atoms with E-state index in [0.717, 1.165) is 5.56 Å². The Morgan fingerprint density at radius 2 is 1.84 bits per heavy atom. The highest BCUT2D eigenvalue weighted by atomic mass is 35.5. The molecular weight excluding hydrogens is 264 g/mol. The van der Waals surface area contributed by atoms with Crippen LogP contribution in [0, 0.1) is 6.92 Å². The summed E-state index contributed by atoms with van der Waals surface area (Å²) in [5, 5.41) is 2.79. The van der Waals surface area contributed by atoms with Crippen molar-refractivity contribution in [3.63, 3.8) is 0 Å². The highest BCUT2D eigenvalue weighted by Crippen LogP contribution is 2.21. The number of halogens is 1. The molecule has 0 bridgehead atoms. The number of rotatable bonds is 2. The maximum absolute atomic E-state index is 10.1. The lowest BCUT2D eigenvalue weighted by Crippen LogP contribution is -2.15. The van der Waals surface area contributed by atoms with E-state index >= 15 is 0 Å².